The molecule has 0 saturated heterocycles. The van der Waals surface area contributed by atoms with Crippen LogP contribution in [-0.4, -0.2) is 0 Å². The Bertz CT molecular complexity index is 563. The second-order valence-corrected chi connectivity index (χ2v) is 6.27. The van der Waals surface area contributed by atoms with Crippen LogP contribution in [0.1, 0.15) is 62.1 Å². The highest BCUT2D eigenvalue weighted by Crippen LogP contribution is 2.32. The molecule has 1 N–H and O–H groups in total. The molecule has 2 aromatic carbocycles. The molecule has 0 spiro atoms. The highest BCUT2D eigenvalue weighted by atomic mass is 14.9. The zero-order valence-corrected chi connectivity index (χ0v) is 14.4. The summed E-state index contributed by atoms with van der Waals surface area (Å²) in [5, 5.41) is 3.57. The standard InChI is InChI=1S/C21H29N/c1-5-7-11-18(6-2)19-14-16(3)21(17(4)15-19)22-20-12-9-8-10-13-20/h8-10,12-15,18,22H,5-7,11H2,1-4H3. The van der Waals surface area contributed by atoms with Crippen molar-refractivity contribution in [1.29, 1.82) is 0 Å². The number of anilines is 2. The lowest BCUT2D eigenvalue weighted by Crippen LogP contribution is -2.02. The predicted octanol–water partition coefficient (Wildman–Crippen LogP) is 6.73. The molecule has 1 heteroatoms. The molecule has 22 heavy (non-hydrogen) atoms. The normalized spacial score (nSPS) is 12.2. The Morgan fingerprint density at radius 2 is 1.59 bits per heavy atom. The second kappa shape index (κ2) is 8.03. The fourth-order valence-corrected chi connectivity index (χ4v) is 3.15. The van der Waals surface area contributed by atoms with Gasteiger partial charge in [0.1, 0.15) is 0 Å². The van der Waals surface area contributed by atoms with E-state index in [9.17, 15) is 0 Å². The number of aryl methyl sites for hydroxylation is 2. The average molecular weight is 295 g/mol. The topological polar surface area (TPSA) is 12.0 Å². The van der Waals surface area contributed by atoms with Crippen LogP contribution in [0.5, 0.6) is 0 Å². The fourth-order valence-electron chi connectivity index (χ4n) is 3.15. The summed E-state index contributed by atoms with van der Waals surface area (Å²) in [6.07, 6.45) is 5.13. The Morgan fingerprint density at radius 1 is 0.955 bits per heavy atom. The molecule has 1 unspecified atom stereocenters. The number of rotatable bonds is 7. The van der Waals surface area contributed by atoms with Crippen molar-refractivity contribution >= 4 is 11.4 Å². The average Bonchev–Trinajstić information content (AvgIpc) is 2.53. The fraction of sp³-hybridized carbons (Fsp3) is 0.429. The number of hydrogen-bond acceptors (Lipinski definition) is 1. The van der Waals surface area contributed by atoms with Gasteiger partial charge < -0.3 is 5.32 Å². The Kier molecular flexibility index (Phi) is 6.06. The third kappa shape index (κ3) is 4.13. The van der Waals surface area contributed by atoms with E-state index >= 15 is 0 Å². The summed E-state index contributed by atoms with van der Waals surface area (Å²) >= 11 is 0. The van der Waals surface area contributed by atoms with Crippen molar-refractivity contribution in [3.63, 3.8) is 0 Å². The highest BCUT2D eigenvalue weighted by molar-refractivity contribution is 5.67. The molecular formula is C21H29N. The zero-order valence-electron chi connectivity index (χ0n) is 14.4. The highest BCUT2D eigenvalue weighted by Gasteiger charge is 2.12. The second-order valence-electron chi connectivity index (χ2n) is 6.27. The summed E-state index contributed by atoms with van der Waals surface area (Å²) in [5.74, 6) is 0.697. The van der Waals surface area contributed by atoms with E-state index in [-0.39, 0.29) is 0 Å². The van der Waals surface area contributed by atoms with E-state index in [4.69, 9.17) is 0 Å². The van der Waals surface area contributed by atoms with E-state index < -0.39 is 0 Å². The van der Waals surface area contributed by atoms with Crippen LogP contribution in [0.4, 0.5) is 11.4 Å². The minimum Gasteiger partial charge on any atom is -0.355 e. The summed E-state index contributed by atoms with van der Waals surface area (Å²) in [4.78, 5) is 0. The van der Waals surface area contributed by atoms with Crippen LogP contribution < -0.4 is 5.32 Å². The molecule has 1 atom stereocenters. The van der Waals surface area contributed by atoms with E-state index in [0.29, 0.717) is 5.92 Å². The van der Waals surface area contributed by atoms with Gasteiger partial charge in [0.15, 0.2) is 0 Å². The lowest BCUT2D eigenvalue weighted by molar-refractivity contribution is 0.569. The van der Waals surface area contributed by atoms with E-state index in [1.807, 2.05) is 6.07 Å². The first-order valence-corrected chi connectivity index (χ1v) is 8.58. The van der Waals surface area contributed by atoms with Crippen molar-refractivity contribution in [2.45, 2.75) is 59.3 Å². The van der Waals surface area contributed by atoms with Gasteiger partial charge in [-0.05, 0) is 61.4 Å². The first kappa shape index (κ1) is 16.6. The van der Waals surface area contributed by atoms with E-state index in [1.54, 1.807) is 0 Å². The van der Waals surface area contributed by atoms with Crippen LogP contribution in [0, 0.1) is 13.8 Å². The summed E-state index contributed by atoms with van der Waals surface area (Å²) in [5.41, 5.74) is 6.59. The summed E-state index contributed by atoms with van der Waals surface area (Å²) in [6.45, 7) is 9.01. The van der Waals surface area contributed by atoms with Gasteiger partial charge in [-0.15, -0.1) is 0 Å². The first-order chi connectivity index (χ1) is 10.7. The van der Waals surface area contributed by atoms with E-state index in [1.165, 1.54) is 48.1 Å². The summed E-state index contributed by atoms with van der Waals surface area (Å²) < 4.78 is 0. The number of nitrogens with one attached hydrogen (secondary N) is 1. The molecule has 0 aliphatic heterocycles. The minimum absolute atomic E-state index is 0.697. The number of unbranched alkanes of at least 4 members (excludes halogenated alkanes) is 1. The Hall–Kier alpha value is -1.76. The van der Waals surface area contributed by atoms with Crippen LogP contribution in [0.25, 0.3) is 0 Å². The van der Waals surface area contributed by atoms with Gasteiger partial charge in [-0.2, -0.15) is 0 Å². The maximum atomic E-state index is 3.57. The number of hydrogen-bond donors (Lipinski definition) is 1. The Balaban J connectivity index is 2.24. The van der Waals surface area contributed by atoms with Crippen LogP contribution >= 0.6 is 0 Å². The minimum atomic E-state index is 0.697. The van der Waals surface area contributed by atoms with Gasteiger partial charge in [0.2, 0.25) is 0 Å². The van der Waals surface area contributed by atoms with Gasteiger partial charge in [0, 0.05) is 11.4 Å². The van der Waals surface area contributed by atoms with Gasteiger partial charge in [-0.25, -0.2) is 0 Å². The van der Waals surface area contributed by atoms with Crippen molar-refractivity contribution < 1.29 is 0 Å². The molecule has 2 aromatic rings. The van der Waals surface area contributed by atoms with Gasteiger partial charge in [0.25, 0.3) is 0 Å². The van der Waals surface area contributed by atoms with Gasteiger partial charge in [-0.3, -0.25) is 0 Å². The molecule has 0 saturated carbocycles. The van der Waals surface area contributed by atoms with Gasteiger partial charge in [0.05, 0.1) is 0 Å². The Labute approximate surface area is 135 Å². The molecule has 0 amide bonds. The molecule has 0 fully saturated rings. The van der Waals surface area contributed by atoms with Crippen LogP contribution in [0.15, 0.2) is 42.5 Å². The smallest absolute Gasteiger partial charge is 0.0443 e. The molecule has 118 valence electrons. The van der Waals surface area contributed by atoms with Gasteiger partial charge >= 0.3 is 0 Å². The van der Waals surface area contributed by atoms with E-state index in [2.05, 4.69) is 69.4 Å². The molecule has 2 rings (SSSR count). The molecular weight excluding hydrogens is 266 g/mol. The quantitative estimate of drug-likeness (QED) is 0.597. The van der Waals surface area contributed by atoms with Gasteiger partial charge in [-0.1, -0.05) is 57.0 Å². The maximum absolute atomic E-state index is 3.57. The number of benzene rings is 2. The largest absolute Gasteiger partial charge is 0.355 e. The molecule has 0 aliphatic rings. The van der Waals surface area contributed by atoms with E-state index in [0.717, 1.165) is 5.69 Å². The summed E-state index contributed by atoms with van der Waals surface area (Å²) in [7, 11) is 0. The molecule has 0 heterocycles. The first-order valence-electron chi connectivity index (χ1n) is 8.58. The molecule has 0 aromatic heterocycles. The predicted molar refractivity (Wildman–Crippen MR) is 98.2 cm³/mol. The number of para-hydroxylation sites is 1. The van der Waals surface area contributed by atoms with Crippen molar-refractivity contribution in [1.82, 2.24) is 0 Å². The monoisotopic (exact) mass is 295 g/mol. The lowest BCUT2D eigenvalue weighted by atomic mass is 9.88. The van der Waals surface area contributed by atoms with Crippen molar-refractivity contribution in [2.24, 2.45) is 0 Å². The molecule has 0 bridgehead atoms. The SMILES string of the molecule is CCCCC(CC)c1cc(C)c(Nc2ccccc2)c(C)c1. The Morgan fingerprint density at radius 3 is 2.14 bits per heavy atom. The third-order valence-corrected chi connectivity index (χ3v) is 4.47. The van der Waals surface area contributed by atoms with Crippen molar-refractivity contribution in [3.8, 4) is 0 Å². The maximum Gasteiger partial charge on any atom is 0.0443 e. The van der Waals surface area contributed by atoms with Crippen molar-refractivity contribution in [3.05, 3.63) is 59.2 Å². The zero-order chi connectivity index (χ0) is 15.9. The molecule has 0 radical (unpaired) electrons. The molecule has 1 nitrogen and oxygen atoms in total. The van der Waals surface area contributed by atoms with Crippen LogP contribution in [0.2, 0.25) is 0 Å². The lowest BCUT2D eigenvalue weighted by Gasteiger charge is -2.20. The van der Waals surface area contributed by atoms with Crippen LogP contribution in [0.3, 0.4) is 0 Å². The third-order valence-electron chi connectivity index (χ3n) is 4.47. The molecule has 0 aliphatic carbocycles. The van der Waals surface area contributed by atoms with Crippen molar-refractivity contribution in [2.75, 3.05) is 5.32 Å². The summed E-state index contributed by atoms with van der Waals surface area (Å²) in [6, 6.07) is 15.2. The van der Waals surface area contributed by atoms with Crippen LogP contribution in [-0.2, 0) is 0 Å².